The molecule has 1 aliphatic rings. The van der Waals surface area contributed by atoms with Crippen LogP contribution in [0.15, 0.2) is 60.3 Å². The standard InChI is InChI=1S/C18H24N2O3/c1-18(2,3)20-15(17(22)23)13-19-16(21)12-11-14-9-7-5-4-6-8-10-14/h4-12,15,20H,13H2,1-3H3,(H,19,21)(H,22,23)/b5-4+,6-4?,7-5?,8-6-,9-7-,10-8?,12-11+,14-9?,14-10-. The van der Waals surface area contributed by atoms with E-state index in [0.29, 0.717) is 0 Å². The summed E-state index contributed by atoms with van der Waals surface area (Å²) in [4.78, 5) is 23.0. The number of carboxylic acids is 1. The molecule has 1 rings (SSSR count). The maximum absolute atomic E-state index is 11.8. The first-order valence-corrected chi connectivity index (χ1v) is 7.46. The summed E-state index contributed by atoms with van der Waals surface area (Å²) in [6.07, 6.45) is 16.3. The fraction of sp³-hybridized carbons (Fsp3) is 0.333. The zero-order valence-corrected chi connectivity index (χ0v) is 13.7. The second kappa shape index (κ2) is 8.90. The van der Waals surface area contributed by atoms with Gasteiger partial charge in [0, 0.05) is 18.2 Å². The van der Waals surface area contributed by atoms with E-state index in [1.165, 1.54) is 6.08 Å². The number of rotatable bonds is 6. The van der Waals surface area contributed by atoms with E-state index >= 15 is 0 Å². The molecule has 0 radical (unpaired) electrons. The molecule has 1 unspecified atom stereocenters. The number of carbonyl (C=O) groups is 2. The minimum absolute atomic E-state index is 0.0211. The van der Waals surface area contributed by atoms with Crippen LogP contribution in [-0.4, -0.2) is 35.1 Å². The van der Waals surface area contributed by atoms with E-state index < -0.39 is 12.0 Å². The first kappa shape index (κ1) is 18.6. The Morgan fingerprint density at radius 3 is 2.48 bits per heavy atom. The third kappa shape index (κ3) is 8.58. The van der Waals surface area contributed by atoms with Gasteiger partial charge in [-0.3, -0.25) is 14.9 Å². The Kier molecular flexibility index (Phi) is 7.22. The molecule has 0 aromatic carbocycles. The Hall–Kier alpha value is -2.40. The monoisotopic (exact) mass is 316 g/mol. The van der Waals surface area contributed by atoms with Crippen molar-refractivity contribution in [3.8, 4) is 0 Å². The molecule has 0 saturated heterocycles. The highest BCUT2D eigenvalue weighted by Crippen LogP contribution is 2.03. The van der Waals surface area contributed by atoms with Crippen molar-refractivity contribution in [2.45, 2.75) is 32.4 Å². The molecule has 0 aromatic rings. The van der Waals surface area contributed by atoms with Crippen molar-refractivity contribution in [1.82, 2.24) is 10.6 Å². The maximum Gasteiger partial charge on any atom is 0.322 e. The lowest BCUT2D eigenvalue weighted by Crippen LogP contribution is -2.52. The van der Waals surface area contributed by atoms with Crippen LogP contribution < -0.4 is 10.6 Å². The molecular weight excluding hydrogens is 292 g/mol. The van der Waals surface area contributed by atoms with Crippen LogP contribution >= 0.6 is 0 Å². The minimum Gasteiger partial charge on any atom is -0.480 e. The lowest BCUT2D eigenvalue weighted by Gasteiger charge is -2.25. The molecule has 0 bridgehead atoms. The van der Waals surface area contributed by atoms with Crippen LogP contribution in [0.2, 0.25) is 0 Å². The first-order chi connectivity index (χ1) is 10.8. The predicted octanol–water partition coefficient (Wildman–Crippen LogP) is 2.11. The molecular formula is C18H24N2O3. The zero-order valence-electron chi connectivity index (χ0n) is 13.7. The van der Waals surface area contributed by atoms with Gasteiger partial charge in [0.05, 0.1) is 0 Å². The molecule has 0 aliphatic heterocycles. The van der Waals surface area contributed by atoms with E-state index in [1.54, 1.807) is 6.08 Å². The maximum atomic E-state index is 11.8. The van der Waals surface area contributed by atoms with Gasteiger partial charge in [-0.25, -0.2) is 0 Å². The summed E-state index contributed by atoms with van der Waals surface area (Å²) >= 11 is 0. The van der Waals surface area contributed by atoms with Gasteiger partial charge in [0.15, 0.2) is 0 Å². The van der Waals surface area contributed by atoms with Crippen LogP contribution in [0.3, 0.4) is 0 Å². The quantitative estimate of drug-likeness (QED) is 0.656. The molecule has 1 atom stereocenters. The van der Waals surface area contributed by atoms with Crippen molar-refractivity contribution in [1.29, 1.82) is 0 Å². The number of amides is 1. The minimum atomic E-state index is -0.994. The van der Waals surface area contributed by atoms with Gasteiger partial charge in [0.25, 0.3) is 0 Å². The second-order valence-electron chi connectivity index (χ2n) is 6.16. The number of allylic oxidation sites excluding steroid dienone is 9. The third-order valence-corrected chi connectivity index (χ3v) is 2.83. The van der Waals surface area contributed by atoms with Gasteiger partial charge in [-0.15, -0.1) is 0 Å². The van der Waals surface area contributed by atoms with Crippen molar-refractivity contribution >= 4 is 11.9 Å². The molecule has 0 aromatic heterocycles. The molecule has 0 saturated carbocycles. The SMILES string of the molecule is CC(C)(C)NC(CNC(=O)/C=C/C1=C\C=C/C=C/C=C\1)C(=O)O. The van der Waals surface area contributed by atoms with Gasteiger partial charge in [0.2, 0.25) is 5.91 Å². The molecule has 5 nitrogen and oxygen atoms in total. The Labute approximate surface area is 137 Å². The van der Waals surface area contributed by atoms with Crippen molar-refractivity contribution in [3.63, 3.8) is 0 Å². The molecule has 3 N–H and O–H groups in total. The van der Waals surface area contributed by atoms with E-state index in [0.717, 1.165) is 5.57 Å². The molecule has 0 spiro atoms. The number of carboxylic acid groups (broad SMARTS) is 1. The number of aliphatic carboxylic acids is 1. The summed E-state index contributed by atoms with van der Waals surface area (Å²) in [6.45, 7) is 5.65. The molecule has 23 heavy (non-hydrogen) atoms. The van der Waals surface area contributed by atoms with E-state index in [-0.39, 0.29) is 18.0 Å². The van der Waals surface area contributed by atoms with Crippen LogP contribution in [0.25, 0.3) is 0 Å². The summed E-state index contributed by atoms with van der Waals surface area (Å²) in [7, 11) is 0. The largest absolute Gasteiger partial charge is 0.480 e. The van der Waals surface area contributed by atoms with Gasteiger partial charge in [-0.1, -0.05) is 42.5 Å². The van der Waals surface area contributed by atoms with Crippen molar-refractivity contribution in [2.24, 2.45) is 0 Å². The predicted molar refractivity (Wildman–Crippen MR) is 92.0 cm³/mol. The number of nitrogens with one attached hydrogen (secondary N) is 2. The average Bonchev–Trinajstić information content (AvgIpc) is 2.40. The Morgan fingerprint density at radius 2 is 1.83 bits per heavy atom. The third-order valence-electron chi connectivity index (χ3n) is 2.83. The lowest BCUT2D eigenvalue weighted by atomic mass is 10.1. The summed E-state index contributed by atoms with van der Waals surface area (Å²) in [5.41, 5.74) is 0.529. The van der Waals surface area contributed by atoms with Crippen LogP contribution in [-0.2, 0) is 9.59 Å². The van der Waals surface area contributed by atoms with Gasteiger partial charge >= 0.3 is 5.97 Å². The molecule has 124 valence electrons. The Balaban J connectivity index is 2.55. The molecule has 0 fully saturated rings. The topological polar surface area (TPSA) is 78.4 Å². The van der Waals surface area contributed by atoms with Gasteiger partial charge < -0.3 is 10.4 Å². The van der Waals surface area contributed by atoms with Crippen LogP contribution in [0.4, 0.5) is 0 Å². The molecule has 5 heteroatoms. The summed E-state index contributed by atoms with van der Waals surface area (Å²) in [5, 5.41) is 14.7. The summed E-state index contributed by atoms with van der Waals surface area (Å²) in [6, 6.07) is -0.832. The number of hydrogen-bond donors (Lipinski definition) is 3. The molecule has 1 amide bonds. The summed E-state index contributed by atoms with van der Waals surface area (Å²) < 4.78 is 0. The Morgan fingerprint density at radius 1 is 1.17 bits per heavy atom. The average molecular weight is 316 g/mol. The van der Waals surface area contributed by atoms with Gasteiger partial charge in [0.1, 0.15) is 6.04 Å². The van der Waals surface area contributed by atoms with Crippen molar-refractivity contribution in [3.05, 3.63) is 60.3 Å². The number of carbonyl (C=O) groups excluding carboxylic acids is 1. The summed E-state index contributed by atoms with van der Waals surface area (Å²) in [5.74, 6) is -1.32. The highest BCUT2D eigenvalue weighted by molar-refractivity contribution is 5.88. The van der Waals surface area contributed by atoms with Gasteiger partial charge in [-0.2, -0.15) is 0 Å². The van der Waals surface area contributed by atoms with E-state index in [1.807, 2.05) is 63.3 Å². The fourth-order valence-corrected chi connectivity index (χ4v) is 1.85. The highest BCUT2D eigenvalue weighted by Gasteiger charge is 2.23. The van der Waals surface area contributed by atoms with Crippen molar-refractivity contribution < 1.29 is 14.7 Å². The lowest BCUT2D eigenvalue weighted by molar-refractivity contribution is -0.139. The number of hydrogen-bond acceptors (Lipinski definition) is 3. The highest BCUT2D eigenvalue weighted by atomic mass is 16.4. The second-order valence-corrected chi connectivity index (χ2v) is 6.16. The van der Waals surface area contributed by atoms with Gasteiger partial charge in [-0.05, 0) is 32.4 Å². The van der Waals surface area contributed by atoms with Crippen LogP contribution in [0.1, 0.15) is 20.8 Å². The van der Waals surface area contributed by atoms with E-state index in [2.05, 4.69) is 10.6 Å². The normalized spacial score (nSPS) is 22.3. The Bertz CT molecular complexity index is 576. The van der Waals surface area contributed by atoms with Crippen molar-refractivity contribution in [2.75, 3.05) is 6.54 Å². The molecule has 0 heterocycles. The van der Waals surface area contributed by atoms with E-state index in [4.69, 9.17) is 0 Å². The van der Waals surface area contributed by atoms with Crippen LogP contribution in [0, 0.1) is 0 Å². The first-order valence-electron chi connectivity index (χ1n) is 7.46. The zero-order chi connectivity index (χ0) is 17.3. The van der Waals surface area contributed by atoms with E-state index in [9.17, 15) is 14.7 Å². The van der Waals surface area contributed by atoms with Crippen LogP contribution in [0.5, 0.6) is 0 Å². The molecule has 1 aliphatic carbocycles. The fourth-order valence-electron chi connectivity index (χ4n) is 1.85. The smallest absolute Gasteiger partial charge is 0.322 e.